The molecule has 33 heavy (non-hydrogen) atoms. The average molecular weight is 439 g/mol. The van der Waals surface area contributed by atoms with Gasteiger partial charge in [-0.3, -0.25) is 4.98 Å². The smallest absolute Gasteiger partial charge is 0.0500 e. The molecular weight excluding hydrogens is 400 g/mol. The lowest BCUT2D eigenvalue weighted by atomic mass is 9.87. The number of aromatic nitrogens is 1. The molecular formula is C31H38N2. The second-order valence-electron chi connectivity index (χ2n) is 9.85. The number of benzene rings is 2. The van der Waals surface area contributed by atoms with Crippen molar-refractivity contribution in [3.63, 3.8) is 0 Å². The van der Waals surface area contributed by atoms with Crippen LogP contribution in [0.2, 0.25) is 0 Å². The lowest BCUT2D eigenvalue weighted by Crippen LogP contribution is -2.33. The van der Waals surface area contributed by atoms with Gasteiger partial charge < -0.3 is 4.90 Å². The predicted molar refractivity (Wildman–Crippen MR) is 142 cm³/mol. The van der Waals surface area contributed by atoms with Gasteiger partial charge in [0.2, 0.25) is 0 Å². The van der Waals surface area contributed by atoms with Crippen LogP contribution in [-0.2, 0) is 25.8 Å². The van der Waals surface area contributed by atoms with E-state index in [-0.39, 0.29) is 0 Å². The topological polar surface area (TPSA) is 16.1 Å². The van der Waals surface area contributed by atoms with Gasteiger partial charge in [-0.15, -0.1) is 0 Å². The third kappa shape index (κ3) is 4.49. The molecule has 3 aromatic rings. The van der Waals surface area contributed by atoms with Crippen LogP contribution in [0.5, 0.6) is 0 Å². The van der Waals surface area contributed by atoms with E-state index in [4.69, 9.17) is 4.98 Å². The van der Waals surface area contributed by atoms with Gasteiger partial charge in [0.15, 0.2) is 0 Å². The van der Waals surface area contributed by atoms with Crippen molar-refractivity contribution in [1.82, 2.24) is 4.98 Å². The minimum absolute atomic E-state index is 0.459. The van der Waals surface area contributed by atoms with Crippen LogP contribution in [0.3, 0.4) is 0 Å². The van der Waals surface area contributed by atoms with Crippen LogP contribution in [0.1, 0.15) is 73.2 Å². The summed E-state index contributed by atoms with van der Waals surface area (Å²) in [6, 6.07) is 14.1. The summed E-state index contributed by atoms with van der Waals surface area (Å²) in [5, 5.41) is 0. The molecule has 1 aliphatic rings. The zero-order chi connectivity index (χ0) is 23.7. The molecule has 2 heterocycles. The maximum atomic E-state index is 4.88. The predicted octanol–water partition coefficient (Wildman–Crippen LogP) is 7.76. The van der Waals surface area contributed by atoms with Crippen LogP contribution in [0.15, 0.2) is 54.7 Å². The van der Waals surface area contributed by atoms with E-state index in [0.717, 1.165) is 32.2 Å². The maximum absolute atomic E-state index is 4.88. The van der Waals surface area contributed by atoms with Gasteiger partial charge in [0.1, 0.15) is 0 Å². The van der Waals surface area contributed by atoms with E-state index in [1.54, 1.807) is 0 Å². The molecule has 0 radical (unpaired) electrons. The first-order chi connectivity index (χ1) is 15.8. The summed E-state index contributed by atoms with van der Waals surface area (Å²) in [5.74, 6) is 0. The van der Waals surface area contributed by atoms with Crippen LogP contribution < -0.4 is 4.90 Å². The first kappa shape index (κ1) is 23.3. The number of allylic oxidation sites excluding steroid dienone is 1. The Kier molecular flexibility index (Phi) is 6.74. The number of hydrogen-bond acceptors (Lipinski definition) is 2. The number of aryl methyl sites for hydroxylation is 2. The fraction of sp³-hybridized carbons (Fsp3) is 0.387. The third-order valence-corrected chi connectivity index (χ3v) is 7.32. The molecule has 2 heteroatoms. The molecule has 172 valence electrons. The van der Waals surface area contributed by atoms with Gasteiger partial charge in [-0.05, 0) is 98.0 Å². The minimum atomic E-state index is 0.459. The summed E-state index contributed by atoms with van der Waals surface area (Å²) in [7, 11) is 0. The van der Waals surface area contributed by atoms with Gasteiger partial charge in [0.05, 0.1) is 5.69 Å². The highest BCUT2D eigenvalue weighted by Gasteiger charge is 2.28. The van der Waals surface area contributed by atoms with Gasteiger partial charge in [0.25, 0.3) is 0 Å². The minimum Gasteiger partial charge on any atom is -0.364 e. The van der Waals surface area contributed by atoms with Crippen LogP contribution in [0.4, 0.5) is 5.69 Å². The average Bonchev–Trinajstić information content (AvgIpc) is 2.97. The molecule has 1 unspecified atom stereocenters. The lowest BCUT2D eigenvalue weighted by molar-refractivity contribution is 0.611. The van der Waals surface area contributed by atoms with Crippen LogP contribution in [-0.4, -0.2) is 11.0 Å². The highest BCUT2D eigenvalue weighted by Crippen LogP contribution is 2.42. The largest absolute Gasteiger partial charge is 0.364 e. The van der Waals surface area contributed by atoms with Crippen molar-refractivity contribution in [2.75, 3.05) is 4.90 Å². The van der Waals surface area contributed by atoms with Crippen LogP contribution in [0.25, 0.3) is 11.1 Å². The molecule has 0 saturated heterocycles. The number of rotatable bonds is 6. The molecule has 0 N–H and O–H groups in total. The van der Waals surface area contributed by atoms with E-state index in [9.17, 15) is 0 Å². The Morgan fingerprint density at radius 1 is 1.12 bits per heavy atom. The number of pyridine rings is 1. The van der Waals surface area contributed by atoms with Crippen molar-refractivity contribution < 1.29 is 0 Å². The quantitative estimate of drug-likeness (QED) is 0.366. The summed E-state index contributed by atoms with van der Waals surface area (Å²) in [6.07, 6.45) is 5.95. The SMILES string of the molecule is C=C(C)Cc1c(-c2ccc(C)cc2)cc2c(c1C)N(C(C)CC)Cc1c(CC)ccnc1C2. The Morgan fingerprint density at radius 2 is 1.85 bits per heavy atom. The molecule has 0 spiro atoms. The molecule has 1 aromatic heterocycles. The molecule has 1 aliphatic heterocycles. The summed E-state index contributed by atoms with van der Waals surface area (Å²) in [6.45, 7) is 18.7. The lowest BCUT2D eigenvalue weighted by Gasteiger charge is -2.34. The first-order valence-electron chi connectivity index (χ1n) is 12.4. The Hall–Kier alpha value is -2.87. The van der Waals surface area contributed by atoms with Gasteiger partial charge in [-0.1, -0.05) is 55.8 Å². The number of anilines is 1. The Balaban J connectivity index is 2.00. The molecule has 0 fully saturated rings. The van der Waals surface area contributed by atoms with E-state index in [2.05, 4.69) is 89.4 Å². The summed E-state index contributed by atoms with van der Waals surface area (Å²) in [5.41, 5.74) is 14.8. The second-order valence-corrected chi connectivity index (χ2v) is 9.85. The fourth-order valence-corrected chi connectivity index (χ4v) is 5.25. The normalized spacial score (nSPS) is 13.8. The Labute approximate surface area is 200 Å². The summed E-state index contributed by atoms with van der Waals surface area (Å²) < 4.78 is 0. The molecule has 0 amide bonds. The Morgan fingerprint density at radius 3 is 2.48 bits per heavy atom. The zero-order valence-electron chi connectivity index (χ0n) is 21.3. The maximum Gasteiger partial charge on any atom is 0.0500 e. The molecule has 2 aromatic carbocycles. The molecule has 0 saturated carbocycles. The van der Waals surface area contributed by atoms with E-state index < -0.39 is 0 Å². The summed E-state index contributed by atoms with van der Waals surface area (Å²) >= 11 is 0. The second kappa shape index (κ2) is 9.55. The molecule has 0 aliphatic carbocycles. The number of hydrogen-bond donors (Lipinski definition) is 0. The van der Waals surface area contributed by atoms with Gasteiger partial charge in [-0.25, -0.2) is 0 Å². The number of fused-ring (bicyclic) bond motifs is 2. The Bertz CT molecular complexity index is 1170. The van der Waals surface area contributed by atoms with Crippen molar-refractivity contribution in [3.05, 3.63) is 93.8 Å². The first-order valence-corrected chi connectivity index (χ1v) is 12.4. The molecule has 2 nitrogen and oxygen atoms in total. The zero-order valence-corrected chi connectivity index (χ0v) is 21.3. The van der Waals surface area contributed by atoms with Gasteiger partial charge >= 0.3 is 0 Å². The van der Waals surface area contributed by atoms with Crippen molar-refractivity contribution in [1.29, 1.82) is 0 Å². The van der Waals surface area contributed by atoms with Crippen molar-refractivity contribution in [2.24, 2.45) is 0 Å². The van der Waals surface area contributed by atoms with E-state index in [1.165, 1.54) is 61.5 Å². The fourth-order valence-electron chi connectivity index (χ4n) is 5.25. The molecule has 4 rings (SSSR count). The van der Waals surface area contributed by atoms with Crippen molar-refractivity contribution in [3.8, 4) is 11.1 Å². The standard InChI is InChI=1S/C31H38N2/c1-8-22(6)33-19-29-24(9-2)14-15-32-30(29)18-26-17-28(25-12-10-21(5)11-13-25)27(16-20(3)4)23(7)31(26)33/h10-15,17,22H,3,8-9,16,18-19H2,1-2,4-7H3. The van der Waals surface area contributed by atoms with Crippen LogP contribution in [0, 0.1) is 13.8 Å². The monoisotopic (exact) mass is 438 g/mol. The highest BCUT2D eigenvalue weighted by atomic mass is 15.2. The van der Waals surface area contributed by atoms with E-state index in [1.807, 2.05) is 6.20 Å². The van der Waals surface area contributed by atoms with Gasteiger partial charge in [0, 0.05) is 30.9 Å². The molecule has 1 atom stereocenters. The van der Waals surface area contributed by atoms with Crippen molar-refractivity contribution >= 4 is 5.69 Å². The van der Waals surface area contributed by atoms with Crippen molar-refractivity contribution in [2.45, 2.75) is 79.8 Å². The van der Waals surface area contributed by atoms with Crippen LogP contribution >= 0.6 is 0 Å². The van der Waals surface area contributed by atoms with Gasteiger partial charge in [-0.2, -0.15) is 0 Å². The summed E-state index contributed by atoms with van der Waals surface area (Å²) in [4.78, 5) is 7.53. The molecule has 0 bridgehead atoms. The van der Waals surface area contributed by atoms with E-state index >= 15 is 0 Å². The number of nitrogens with zero attached hydrogens (tertiary/aromatic N) is 2. The third-order valence-electron chi connectivity index (χ3n) is 7.32. The van der Waals surface area contributed by atoms with E-state index in [0.29, 0.717) is 6.04 Å². The highest BCUT2D eigenvalue weighted by molar-refractivity contribution is 5.78.